The van der Waals surface area contributed by atoms with Crippen LogP contribution in [0.3, 0.4) is 0 Å². The zero-order valence-electron chi connectivity index (χ0n) is 14.8. The number of aryl methyl sites for hydroxylation is 1. The Bertz CT molecular complexity index is 754. The van der Waals surface area contributed by atoms with E-state index in [1.54, 1.807) is 6.20 Å². The van der Waals surface area contributed by atoms with Gasteiger partial charge in [0.15, 0.2) is 0 Å². The van der Waals surface area contributed by atoms with Gasteiger partial charge in [0.1, 0.15) is 5.75 Å². The molecule has 6 heteroatoms. The van der Waals surface area contributed by atoms with Crippen molar-refractivity contribution in [1.82, 2.24) is 15.5 Å². The van der Waals surface area contributed by atoms with E-state index in [1.165, 1.54) is 5.56 Å². The number of carbonyl (C=O) groups excluding carboxylic acids is 1. The second-order valence-corrected chi connectivity index (χ2v) is 7.36. The second-order valence-electron chi connectivity index (χ2n) is 7.36. The molecule has 1 saturated carbocycles. The van der Waals surface area contributed by atoms with E-state index < -0.39 is 0 Å². The van der Waals surface area contributed by atoms with Crippen molar-refractivity contribution in [2.75, 3.05) is 6.61 Å². The number of aliphatic hydroxyl groups is 1. The molecule has 138 valence electrons. The first-order valence-corrected chi connectivity index (χ1v) is 9.40. The molecule has 1 aromatic carbocycles. The van der Waals surface area contributed by atoms with Gasteiger partial charge in [0, 0.05) is 19.0 Å². The number of ether oxygens (including phenoxy) is 1. The van der Waals surface area contributed by atoms with Crippen molar-refractivity contribution in [3.63, 3.8) is 0 Å². The van der Waals surface area contributed by atoms with Crippen molar-refractivity contribution in [3.05, 3.63) is 47.3 Å². The van der Waals surface area contributed by atoms with Crippen LogP contribution in [-0.2, 0) is 17.6 Å². The van der Waals surface area contributed by atoms with Gasteiger partial charge in [0.2, 0.25) is 5.91 Å². The highest BCUT2D eigenvalue weighted by Gasteiger charge is 2.36. The number of nitrogens with one attached hydrogen (secondary N) is 2. The molecule has 2 aliphatic rings. The number of benzene rings is 1. The summed E-state index contributed by atoms with van der Waals surface area (Å²) in [7, 11) is 0. The van der Waals surface area contributed by atoms with Crippen molar-refractivity contribution in [2.24, 2.45) is 5.92 Å². The highest BCUT2D eigenvalue weighted by atomic mass is 16.5. The van der Waals surface area contributed by atoms with E-state index in [0.29, 0.717) is 12.3 Å². The van der Waals surface area contributed by atoms with Crippen molar-refractivity contribution >= 4 is 5.91 Å². The Morgan fingerprint density at radius 3 is 3.08 bits per heavy atom. The molecule has 1 aliphatic carbocycles. The van der Waals surface area contributed by atoms with Gasteiger partial charge in [0.25, 0.3) is 0 Å². The number of rotatable bonds is 7. The van der Waals surface area contributed by atoms with E-state index in [1.807, 2.05) is 18.3 Å². The number of aromatic nitrogens is 2. The summed E-state index contributed by atoms with van der Waals surface area (Å²) in [6.45, 7) is 0.728. The lowest BCUT2D eigenvalue weighted by Gasteiger charge is -2.38. The molecule has 0 unspecified atom stereocenters. The molecule has 1 fully saturated rings. The Labute approximate surface area is 153 Å². The number of aromatic amines is 1. The van der Waals surface area contributed by atoms with Gasteiger partial charge in [-0.1, -0.05) is 6.07 Å². The maximum Gasteiger partial charge on any atom is 0.220 e. The van der Waals surface area contributed by atoms with Gasteiger partial charge in [-0.3, -0.25) is 9.89 Å². The van der Waals surface area contributed by atoms with Crippen LogP contribution in [0.1, 0.15) is 48.4 Å². The van der Waals surface area contributed by atoms with E-state index in [-0.39, 0.29) is 18.1 Å². The molecule has 2 aromatic rings. The smallest absolute Gasteiger partial charge is 0.220 e. The summed E-state index contributed by atoms with van der Waals surface area (Å²) in [6.07, 6.45) is 7.95. The van der Waals surface area contributed by atoms with Gasteiger partial charge in [-0.05, 0) is 60.4 Å². The molecule has 3 N–H and O–H groups in total. The van der Waals surface area contributed by atoms with Crippen LogP contribution in [0.4, 0.5) is 0 Å². The molecular weight excluding hydrogens is 330 g/mol. The Hall–Kier alpha value is -2.34. The average molecular weight is 355 g/mol. The third kappa shape index (κ3) is 3.75. The van der Waals surface area contributed by atoms with Crippen molar-refractivity contribution < 1.29 is 14.6 Å². The van der Waals surface area contributed by atoms with Gasteiger partial charge < -0.3 is 15.2 Å². The zero-order valence-corrected chi connectivity index (χ0v) is 14.8. The molecule has 2 heterocycles. The SMILES string of the molecule is O=C(CCCc1cn[nH]c1)N[C@@H](c1ccc2c(c1)CCO2)C1CC(O)C1. The summed E-state index contributed by atoms with van der Waals surface area (Å²) in [4.78, 5) is 12.5. The highest BCUT2D eigenvalue weighted by molar-refractivity contribution is 5.76. The van der Waals surface area contributed by atoms with Crippen molar-refractivity contribution in [1.29, 1.82) is 0 Å². The number of hydrogen-bond acceptors (Lipinski definition) is 4. The molecule has 6 nitrogen and oxygen atoms in total. The predicted octanol–water partition coefficient (Wildman–Crippen LogP) is 2.30. The quantitative estimate of drug-likeness (QED) is 0.711. The van der Waals surface area contributed by atoms with Gasteiger partial charge in [-0.25, -0.2) is 0 Å². The number of fused-ring (bicyclic) bond motifs is 1. The number of amides is 1. The number of carbonyl (C=O) groups is 1. The molecule has 0 bridgehead atoms. The first-order valence-electron chi connectivity index (χ1n) is 9.40. The summed E-state index contributed by atoms with van der Waals surface area (Å²) < 4.78 is 5.59. The van der Waals surface area contributed by atoms with E-state index in [2.05, 4.69) is 21.6 Å². The van der Waals surface area contributed by atoms with Crippen LogP contribution in [0.15, 0.2) is 30.6 Å². The van der Waals surface area contributed by atoms with E-state index in [0.717, 1.165) is 55.6 Å². The van der Waals surface area contributed by atoms with Crippen LogP contribution in [0.2, 0.25) is 0 Å². The monoisotopic (exact) mass is 355 g/mol. The third-order valence-electron chi connectivity index (χ3n) is 5.43. The fraction of sp³-hybridized carbons (Fsp3) is 0.500. The maximum absolute atomic E-state index is 12.5. The number of hydrogen-bond donors (Lipinski definition) is 3. The fourth-order valence-corrected chi connectivity index (χ4v) is 3.89. The van der Waals surface area contributed by atoms with Crippen molar-refractivity contribution in [3.8, 4) is 5.75 Å². The zero-order chi connectivity index (χ0) is 17.9. The molecule has 26 heavy (non-hydrogen) atoms. The molecule has 4 rings (SSSR count). The Morgan fingerprint density at radius 2 is 2.31 bits per heavy atom. The molecule has 1 aromatic heterocycles. The first kappa shape index (κ1) is 17.1. The molecule has 1 atom stereocenters. The number of H-pyrrole nitrogens is 1. The Balaban J connectivity index is 1.39. The first-order chi connectivity index (χ1) is 12.7. The summed E-state index contributed by atoms with van der Waals surface area (Å²) in [5, 5.41) is 19.6. The minimum absolute atomic E-state index is 0.0364. The summed E-state index contributed by atoms with van der Waals surface area (Å²) >= 11 is 0. The van der Waals surface area contributed by atoms with Gasteiger partial charge >= 0.3 is 0 Å². The summed E-state index contributed by atoms with van der Waals surface area (Å²) in [5.74, 6) is 1.31. The van der Waals surface area contributed by atoms with E-state index in [9.17, 15) is 9.90 Å². The Kier molecular flexibility index (Phi) is 4.93. The largest absolute Gasteiger partial charge is 0.493 e. The van der Waals surface area contributed by atoms with Gasteiger partial charge in [-0.15, -0.1) is 0 Å². The predicted molar refractivity (Wildman–Crippen MR) is 96.8 cm³/mol. The standard InChI is InChI=1S/C20H25N3O3/c24-17-9-16(10-17)20(15-4-5-18-14(8-15)6-7-26-18)23-19(25)3-1-2-13-11-21-22-12-13/h4-5,8,11-12,16-17,20,24H,1-3,6-7,9-10H2,(H,21,22)(H,23,25)/t16?,17?,20-/m0/s1. The van der Waals surface area contributed by atoms with Crippen LogP contribution >= 0.6 is 0 Å². The van der Waals surface area contributed by atoms with E-state index in [4.69, 9.17) is 4.74 Å². The van der Waals surface area contributed by atoms with Crippen LogP contribution < -0.4 is 10.1 Å². The van der Waals surface area contributed by atoms with Crippen LogP contribution in [0, 0.1) is 5.92 Å². The summed E-state index contributed by atoms with van der Waals surface area (Å²) in [5.41, 5.74) is 3.45. The molecule has 0 radical (unpaired) electrons. The lowest BCUT2D eigenvalue weighted by Crippen LogP contribution is -2.41. The maximum atomic E-state index is 12.5. The highest BCUT2D eigenvalue weighted by Crippen LogP contribution is 2.39. The van der Waals surface area contributed by atoms with E-state index >= 15 is 0 Å². The number of aliphatic hydroxyl groups excluding tert-OH is 1. The summed E-state index contributed by atoms with van der Waals surface area (Å²) in [6, 6.07) is 6.17. The van der Waals surface area contributed by atoms with Crippen LogP contribution in [-0.4, -0.2) is 33.9 Å². The lowest BCUT2D eigenvalue weighted by atomic mass is 9.74. The van der Waals surface area contributed by atoms with Crippen LogP contribution in [0.25, 0.3) is 0 Å². The average Bonchev–Trinajstić information content (AvgIpc) is 3.28. The molecule has 1 aliphatic heterocycles. The van der Waals surface area contributed by atoms with Crippen molar-refractivity contribution in [2.45, 2.75) is 50.7 Å². The molecular formula is C20H25N3O3. The Morgan fingerprint density at radius 1 is 1.42 bits per heavy atom. The molecule has 0 spiro atoms. The van der Waals surface area contributed by atoms with Gasteiger partial charge in [-0.2, -0.15) is 5.10 Å². The van der Waals surface area contributed by atoms with Gasteiger partial charge in [0.05, 0.1) is 24.9 Å². The minimum Gasteiger partial charge on any atom is -0.493 e. The normalized spacial score (nSPS) is 22.2. The minimum atomic E-state index is -0.238. The number of nitrogens with zero attached hydrogens (tertiary/aromatic N) is 1. The lowest BCUT2D eigenvalue weighted by molar-refractivity contribution is -0.123. The second kappa shape index (κ2) is 7.50. The topological polar surface area (TPSA) is 87.2 Å². The third-order valence-corrected chi connectivity index (χ3v) is 5.43. The molecule has 1 amide bonds. The molecule has 0 saturated heterocycles. The fourth-order valence-electron chi connectivity index (χ4n) is 3.89. The van der Waals surface area contributed by atoms with Crippen LogP contribution in [0.5, 0.6) is 5.75 Å².